The Hall–Kier alpha value is -0.643. The van der Waals surface area contributed by atoms with E-state index in [9.17, 15) is 0 Å². The van der Waals surface area contributed by atoms with Gasteiger partial charge in [0.1, 0.15) is 0 Å². The number of hydrogen-bond donors (Lipinski definition) is 0. The standard InChI is InChI=1S/C20H30O2Si/c1-3-21-23(22-4-2,19-8-6-5-7-9-19)20-13-16-10-17(14-20)12-18(11-16)15-20/h5-9,16-18H,3-4,10-15H2,1-2H3. The van der Waals surface area contributed by atoms with Gasteiger partial charge in [0.15, 0.2) is 0 Å². The van der Waals surface area contributed by atoms with Crippen LogP contribution in [0, 0.1) is 17.8 Å². The minimum atomic E-state index is -2.42. The van der Waals surface area contributed by atoms with Crippen molar-refractivity contribution in [2.24, 2.45) is 17.8 Å². The number of hydrogen-bond acceptors (Lipinski definition) is 2. The quantitative estimate of drug-likeness (QED) is 0.721. The van der Waals surface area contributed by atoms with E-state index in [2.05, 4.69) is 44.2 Å². The Kier molecular flexibility index (Phi) is 4.15. The second kappa shape index (κ2) is 6.02. The molecule has 1 aromatic rings. The van der Waals surface area contributed by atoms with Gasteiger partial charge >= 0.3 is 8.56 Å². The van der Waals surface area contributed by atoms with Crippen molar-refractivity contribution in [1.29, 1.82) is 0 Å². The molecule has 2 nitrogen and oxygen atoms in total. The summed E-state index contributed by atoms with van der Waals surface area (Å²) in [6, 6.07) is 11.0. The van der Waals surface area contributed by atoms with Crippen LogP contribution < -0.4 is 5.19 Å². The second-order valence-corrected chi connectivity index (χ2v) is 11.5. The van der Waals surface area contributed by atoms with Crippen molar-refractivity contribution in [1.82, 2.24) is 0 Å². The summed E-state index contributed by atoms with van der Waals surface area (Å²) in [5, 5.41) is 1.68. The Balaban J connectivity index is 1.81. The average molecular weight is 331 g/mol. The predicted molar refractivity (Wildman–Crippen MR) is 95.9 cm³/mol. The van der Waals surface area contributed by atoms with Crippen LogP contribution in [0.3, 0.4) is 0 Å². The van der Waals surface area contributed by atoms with Gasteiger partial charge in [-0.15, -0.1) is 0 Å². The summed E-state index contributed by atoms with van der Waals surface area (Å²) < 4.78 is 13.3. The Morgan fingerprint density at radius 3 is 1.78 bits per heavy atom. The summed E-state index contributed by atoms with van der Waals surface area (Å²) in [4.78, 5) is 0. The summed E-state index contributed by atoms with van der Waals surface area (Å²) >= 11 is 0. The molecule has 126 valence electrons. The monoisotopic (exact) mass is 330 g/mol. The molecule has 0 unspecified atom stereocenters. The van der Waals surface area contributed by atoms with Gasteiger partial charge in [-0.1, -0.05) is 30.3 Å². The molecule has 4 saturated carbocycles. The highest BCUT2D eigenvalue weighted by Crippen LogP contribution is 2.67. The van der Waals surface area contributed by atoms with Crippen molar-refractivity contribution in [3.63, 3.8) is 0 Å². The average Bonchev–Trinajstić information content (AvgIpc) is 2.54. The van der Waals surface area contributed by atoms with Crippen LogP contribution in [0.1, 0.15) is 52.4 Å². The molecular weight excluding hydrogens is 300 g/mol. The molecule has 0 aromatic heterocycles. The smallest absolute Gasteiger partial charge is 0.378 e. The van der Waals surface area contributed by atoms with Gasteiger partial charge in [-0.3, -0.25) is 0 Å². The largest absolute Gasteiger partial charge is 0.391 e. The first-order chi connectivity index (χ1) is 11.2. The third-order valence-electron chi connectivity index (χ3n) is 6.59. The Morgan fingerprint density at radius 1 is 0.870 bits per heavy atom. The van der Waals surface area contributed by atoms with Gasteiger partial charge in [0.25, 0.3) is 0 Å². The van der Waals surface area contributed by atoms with Crippen molar-refractivity contribution >= 4 is 13.7 Å². The number of rotatable bonds is 6. The summed E-state index contributed by atoms with van der Waals surface area (Å²) in [5.74, 6) is 2.79. The molecule has 4 aliphatic carbocycles. The maximum Gasteiger partial charge on any atom is 0.378 e. The van der Waals surface area contributed by atoms with Gasteiger partial charge in [-0.2, -0.15) is 0 Å². The fraction of sp³-hybridized carbons (Fsp3) is 0.700. The Labute approximate surface area is 141 Å². The SMILES string of the molecule is CCO[Si](OCC)(c1ccccc1)C12CC3CC(CC(C3)C1)C2. The summed E-state index contributed by atoms with van der Waals surface area (Å²) in [7, 11) is -2.42. The fourth-order valence-electron chi connectivity index (χ4n) is 6.40. The van der Waals surface area contributed by atoms with Crippen molar-refractivity contribution in [2.45, 2.75) is 57.4 Å². The van der Waals surface area contributed by atoms with E-state index < -0.39 is 8.56 Å². The van der Waals surface area contributed by atoms with Gasteiger partial charge in [0.2, 0.25) is 0 Å². The highest BCUT2D eigenvalue weighted by Gasteiger charge is 2.65. The van der Waals surface area contributed by atoms with E-state index in [1.54, 1.807) is 0 Å². The maximum absolute atomic E-state index is 6.66. The first-order valence-corrected chi connectivity index (χ1v) is 11.4. The van der Waals surface area contributed by atoms with Gasteiger partial charge < -0.3 is 8.85 Å². The van der Waals surface area contributed by atoms with Crippen molar-refractivity contribution in [3.05, 3.63) is 30.3 Å². The lowest BCUT2D eigenvalue weighted by molar-refractivity contribution is -0.000303. The minimum absolute atomic E-state index is 0.315. The Bertz CT molecular complexity index is 501. The second-order valence-electron chi connectivity index (χ2n) is 8.05. The van der Waals surface area contributed by atoms with E-state index in [0.717, 1.165) is 31.0 Å². The molecular formula is C20H30O2Si. The Morgan fingerprint density at radius 2 is 1.35 bits per heavy atom. The zero-order valence-corrected chi connectivity index (χ0v) is 15.6. The van der Waals surface area contributed by atoms with Gasteiger partial charge in [0.05, 0.1) is 0 Å². The van der Waals surface area contributed by atoms with Gasteiger partial charge in [0, 0.05) is 18.3 Å². The number of benzene rings is 1. The van der Waals surface area contributed by atoms with Crippen LogP contribution in [0.2, 0.25) is 5.04 Å². The third-order valence-corrected chi connectivity index (χ3v) is 11.1. The van der Waals surface area contributed by atoms with Crippen LogP contribution in [0.25, 0.3) is 0 Å². The molecule has 0 heterocycles. The molecule has 3 heteroatoms. The molecule has 0 atom stereocenters. The first-order valence-electron chi connectivity index (χ1n) is 9.55. The summed E-state index contributed by atoms with van der Waals surface area (Å²) in [6.07, 6.45) is 8.45. The summed E-state index contributed by atoms with van der Waals surface area (Å²) in [6.45, 7) is 5.82. The molecule has 0 radical (unpaired) electrons. The lowest BCUT2D eigenvalue weighted by Crippen LogP contribution is -2.67. The molecule has 5 rings (SSSR count). The molecule has 0 N–H and O–H groups in total. The molecule has 0 saturated heterocycles. The van der Waals surface area contributed by atoms with Crippen LogP contribution in [-0.2, 0) is 8.85 Å². The maximum atomic E-state index is 6.66. The van der Waals surface area contributed by atoms with Crippen LogP contribution in [-0.4, -0.2) is 21.8 Å². The van der Waals surface area contributed by atoms with E-state index in [-0.39, 0.29) is 0 Å². The van der Waals surface area contributed by atoms with E-state index in [0.29, 0.717) is 5.04 Å². The van der Waals surface area contributed by atoms with Gasteiger partial charge in [-0.25, -0.2) is 0 Å². The molecule has 0 aliphatic heterocycles. The van der Waals surface area contributed by atoms with E-state index in [1.165, 1.54) is 43.7 Å². The molecule has 4 fully saturated rings. The zero-order valence-electron chi connectivity index (χ0n) is 14.6. The molecule has 4 bridgehead atoms. The zero-order chi connectivity index (χ0) is 15.9. The van der Waals surface area contributed by atoms with Crippen molar-refractivity contribution in [2.75, 3.05) is 13.2 Å². The van der Waals surface area contributed by atoms with Crippen molar-refractivity contribution < 1.29 is 8.85 Å². The van der Waals surface area contributed by atoms with Crippen LogP contribution in [0.15, 0.2) is 30.3 Å². The highest BCUT2D eigenvalue weighted by molar-refractivity contribution is 6.84. The molecule has 4 aliphatic rings. The fourth-order valence-corrected chi connectivity index (χ4v) is 11.2. The van der Waals surface area contributed by atoms with Crippen LogP contribution >= 0.6 is 0 Å². The molecule has 23 heavy (non-hydrogen) atoms. The van der Waals surface area contributed by atoms with E-state index in [1.807, 2.05) is 0 Å². The molecule has 1 aromatic carbocycles. The lowest BCUT2D eigenvalue weighted by atomic mass is 9.56. The third kappa shape index (κ3) is 2.43. The molecule has 0 spiro atoms. The van der Waals surface area contributed by atoms with Crippen LogP contribution in [0.4, 0.5) is 0 Å². The lowest BCUT2D eigenvalue weighted by Gasteiger charge is -2.61. The molecule has 0 amide bonds. The minimum Gasteiger partial charge on any atom is -0.391 e. The van der Waals surface area contributed by atoms with Gasteiger partial charge in [-0.05, 0) is 75.3 Å². The first kappa shape index (κ1) is 15.9. The topological polar surface area (TPSA) is 18.5 Å². The summed E-state index contributed by atoms with van der Waals surface area (Å²) in [5.41, 5.74) is 0. The van der Waals surface area contributed by atoms with E-state index in [4.69, 9.17) is 8.85 Å². The van der Waals surface area contributed by atoms with Crippen molar-refractivity contribution in [3.8, 4) is 0 Å². The van der Waals surface area contributed by atoms with Crippen LogP contribution in [0.5, 0.6) is 0 Å². The normalized spacial score (nSPS) is 35.7. The highest BCUT2D eigenvalue weighted by atomic mass is 28.4. The van der Waals surface area contributed by atoms with E-state index >= 15 is 0 Å². The predicted octanol–water partition coefficient (Wildman–Crippen LogP) is 4.38.